The Bertz CT molecular complexity index is 775. The van der Waals surface area contributed by atoms with Crippen LogP contribution in [-0.4, -0.2) is 65.4 Å². The standard InChI is InChI=1S/C18H23N5O2/c1-13-3-2-6-23(12-13)18(24)17-19-16-11-14(4-5-15(16)20-21-17)22-7-9-25-10-8-22/h4-5,11,13H,2-3,6-10,12H2,1H3. The van der Waals surface area contributed by atoms with E-state index in [9.17, 15) is 4.79 Å². The first-order valence-corrected chi connectivity index (χ1v) is 8.97. The fourth-order valence-electron chi connectivity index (χ4n) is 3.55. The van der Waals surface area contributed by atoms with Crippen LogP contribution in [0.1, 0.15) is 30.4 Å². The van der Waals surface area contributed by atoms with Gasteiger partial charge in [0.1, 0.15) is 5.52 Å². The molecule has 132 valence electrons. The molecule has 2 saturated heterocycles. The normalized spacial score (nSPS) is 21.6. The molecule has 4 rings (SSSR count). The van der Waals surface area contributed by atoms with E-state index in [1.165, 1.54) is 6.42 Å². The lowest BCUT2D eigenvalue weighted by Crippen LogP contribution is -2.40. The topological polar surface area (TPSA) is 71.5 Å². The van der Waals surface area contributed by atoms with Crippen LogP contribution in [0.4, 0.5) is 5.69 Å². The number of anilines is 1. The number of likely N-dealkylation sites (tertiary alicyclic amines) is 1. The van der Waals surface area contributed by atoms with Crippen molar-refractivity contribution in [1.82, 2.24) is 20.1 Å². The lowest BCUT2D eigenvalue weighted by Gasteiger charge is -2.30. The molecule has 1 atom stereocenters. The summed E-state index contributed by atoms with van der Waals surface area (Å²) in [6, 6.07) is 5.93. The van der Waals surface area contributed by atoms with E-state index in [1.54, 1.807) is 0 Å². The first kappa shape index (κ1) is 16.2. The molecule has 7 heteroatoms. The largest absolute Gasteiger partial charge is 0.378 e. The van der Waals surface area contributed by atoms with Crippen molar-refractivity contribution in [2.24, 2.45) is 5.92 Å². The first-order chi connectivity index (χ1) is 12.2. The number of aromatic nitrogens is 3. The predicted molar refractivity (Wildman–Crippen MR) is 94.7 cm³/mol. The molecule has 0 bridgehead atoms. The van der Waals surface area contributed by atoms with Gasteiger partial charge in [0.2, 0.25) is 5.82 Å². The molecule has 2 aliphatic rings. The van der Waals surface area contributed by atoms with E-state index in [0.29, 0.717) is 17.0 Å². The van der Waals surface area contributed by atoms with Crippen LogP contribution in [0.25, 0.3) is 11.0 Å². The maximum Gasteiger partial charge on any atom is 0.293 e. The quantitative estimate of drug-likeness (QED) is 0.828. The number of fused-ring (bicyclic) bond motifs is 1. The van der Waals surface area contributed by atoms with Crippen LogP contribution in [0.15, 0.2) is 18.2 Å². The van der Waals surface area contributed by atoms with Gasteiger partial charge in [-0.05, 0) is 37.0 Å². The van der Waals surface area contributed by atoms with Gasteiger partial charge in [-0.2, -0.15) is 0 Å². The minimum absolute atomic E-state index is 0.113. The summed E-state index contributed by atoms with van der Waals surface area (Å²) < 4.78 is 5.41. The number of benzene rings is 1. The summed E-state index contributed by atoms with van der Waals surface area (Å²) in [5.74, 6) is 0.609. The van der Waals surface area contributed by atoms with Crippen LogP contribution in [0.3, 0.4) is 0 Å². The summed E-state index contributed by atoms with van der Waals surface area (Å²) in [6.07, 6.45) is 2.21. The maximum atomic E-state index is 12.7. The number of carbonyl (C=O) groups excluding carboxylic acids is 1. The molecule has 7 nitrogen and oxygen atoms in total. The SMILES string of the molecule is CC1CCCN(C(=O)c2nnc3ccc(N4CCOCC4)cc3n2)C1. The highest BCUT2D eigenvalue weighted by Gasteiger charge is 2.24. The Morgan fingerprint density at radius 1 is 1.16 bits per heavy atom. The number of nitrogens with zero attached hydrogens (tertiary/aromatic N) is 5. The van der Waals surface area contributed by atoms with Crippen molar-refractivity contribution in [3.63, 3.8) is 0 Å². The molecule has 25 heavy (non-hydrogen) atoms. The van der Waals surface area contributed by atoms with Crippen molar-refractivity contribution in [2.45, 2.75) is 19.8 Å². The van der Waals surface area contributed by atoms with Gasteiger partial charge in [0.15, 0.2) is 0 Å². The molecular formula is C18H23N5O2. The van der Waals surface area contributed by atoms with Crippen LogP contribution < -0.4 is 4.90 Å². The van der Waals surface area contributed by atoms with E-state index in [1.807, 2.05) is 23.1 Å². The van der Waals surface area contributed by atoms with Crippen LogP contribution >= 0.6 is 0 Å². The van der Waals surface area contributed by atoms with Crippen LogP contribution in [-0.2, 0) is 4.74 Å². The summed E-state index contributed by atoms with van der Waals surface area (Å²) in [5, 5.41) is 8.26. The molecule has 2 aliphatic heterocycles. The number of piperidine rings is 1. The molecule has 0 aliphatic carbocycles. The van der Waals surface area contributed by atoms with E-state index in [-0.39, 0.29) is 11.7 Å². The van der Waals surface area contributed by atoms with E-state index in [0.717, 1.165) is 51.5 Å². The Labute approximate surface area is 147 Å². The molecule has 0 N–H and O–H groups in total. The van der Waals surface area contributed by atoms with Crippen LogP contribution in [0.2, 0.25) is 0 Å². The third-order valence-corrected chi connectivity index (χ3v) is 4.95. The summed E-state index contributed by atoms with van der Waals surface area (Å²) in [6.45, 7) is 6.91. The Balaban J connectivity index is 1.60. The van der Waals surface area contributed by atoms with E-state index >= 15 is 0 Å². The van der Waals surface area contributed by atoms with Gasteiger partial charge in [-0.1, -0.05) is 6.92 Å². The molecule has 1 unspecified atom stereocenters. The van der Waals surface area contributed by atoms with Crippen molar-refractivity contribution in [1.29, 1.82) is 0 Å². The Hall–Kier alpha value is -2.28. The zero-order valence-electron chi connectivity index (χ0n) is 14.5. The number of ether oxygens (including phenoxy) is 1. The summed E-state index contributed by atoms with van der Waals surface area (Å²) >= 11 is 0. The average molecular weight is 341 g/mol. The van der Waals surface area contributed by atoms with Crippen molar-refractivity contribution in [3.8, 4) is 0 Å². The molecule has 1 amide bonds. The monoisotopic (exact) mass is 341 g/mol. The smallest absolute Gasteiger partial charge is 0.293 e. The van der Waals surface area contributed by atoms with E-state index in [2.05, 4.69) is 27.0 Å². The van der Waals surface area contributed by atoms with Gasteiger partial charge in [-0.3, -0.25) is 4.79 Å². The number of hydrogen-bond donors (Lipinski definition) is 0. The number of carbonyl (C=O) groups is 1. The molecule has 0 spiro atoms. The highest BCUT2D eigenvalue weighted by atomic mass is 16.5. The molecule has 0 radical (unpaired) electrons. The van der Waals surface area contributed by atoms with Crippen molar-refractivity contribution >= 4 is 22.6 Å². The first-order valence-electron chi connectivity index (χ1n) is 8.97. The van der Waals surface area contributed by atoms with Gasteiger partial charge < -0.3 is 14.5 Å². The lowest BCUT2D eigenvalue weighted by molar-refractivity contribution is 0.0669. The van der Waals surface area contributed by atoms with E-state index < -0.39 is 0 Å². The summed E-state index contributed by atoms with van der Waals surface area (Å²) in [4.78, 5) is 21.3. The Morgan fingerprint density at radius 3 is 2.80 bits per heavy atom. The summed E-state index contributed by atoms with van der Waals surface area (Å²) in [7, 11) is 0. The third kappa shape index (κ3) is 3.42. The molecule has 2 aromatic rings. The van der Waals surface area contributed by atoms with Crippen LogP contribution in [0.5, 0.6) is 0 Å². The molecule has 1 aromatic heterocycles. The predicted octanol–water partition coefficient (Wildman–Crippen LogP) is 1.73. The highest BCUT2D eigenvalue weighted by molar-refractivity contribution is 5.92. The minimum Gasteiger partial charge on any atom is -0.378 e. The van der Waals surface area contributed by atoms with Gasteiger partial charge in [0.25, 0.3) is 5.91 Å². The molecular weight excluding hydrogens is 318 g/mol. The second kappa shape index (κ2) is 6.92. The fourth-order valence-corrected chi connectivity index (χ4v) is 3.55. The molecule has 1 aromatic carbocycles. The van der Waals surface area contributed by atoms with Crippen LogP contribution in [0, 0.1) is 5.92 Å². The van der Waals surface area contributed by atoms with Crippen molar-refractivity contribution in [3.05, 3.63) is 24.0 Å². The minimum atomic E-state index is -0.113. The average Bonchev–Trinajstić information content (AvgIpc) is 2.67. The van der Waals surface area contributed by atoms with Crippen molar-refractivity contribution in [2.75, 3.05) is 44.3 Å². The molecule has 2 fully saturated rings. The third-order valence-electron chi connectivity index (χ3n) is 4.95. The highest BCUT2D eigenvalue weighted by Crippen LogP contribution is 2.21. The maximum absolute atomic E-state index is 12.7. The van der Waals surface area contributed by atoms with Gasteiger partial charge in [0, 0.05) is 31.9 Å². The number of amides is 1. The van der Waals surface area contributed by atoms with Gasteiger partial charge >= 0.3 is 0 Å². The number of morpholine rings is 1. The van der Waals surface area contributed by atoms with Gasteiger partial charge in [-0.25, -0.2) is 4.98 Å². The zero-order chi connectivity index (χ0) is 17.2. The summed E-state index contributed by atoms with van der Waals surface area (Å²) in [5.41, 5.74) is 2.51. The fraction of sp³-hybridized carbons (Fsp3) is 0.556. The lowest BCUT2D eigenvalue weighted by atomic mass is 10.0. The zero-order valence-corrected chi connectivity index (χ0v) is 14.5. The number of rotatable bonds is 2. The Morgan fingerprint density at radius 2 is 2.00 bits per heavy atom. The number of hydrogen-bond acceptors (Lipinski definition) is 6. The molecule has 0 saturated carbocycles. The van der Waals surface area contributed by atoms with Crippen molar-refractivity contribution < 1.29 is 9.53 Å². The van der Waals surface area contributed by atoms with Gasteiger partial charge in [0.05, 0.1) is 18.7 Å². The van der Waals surface area contributed by atoms with E-state index in [4.69, 9.17) is 4.74 Å². The second-order valence-corrected chi connectivity index (χ2v) is 6.91. The Kier molecular flexibility index (Phi) is 4.48. The molecule has 3 heterocycles. The second-order valence-electron chi connectivity index (χ2n) is 6.91. The van der Waals surface area contributed by atoms with Gasteiger partial charge in [-0.15, -0.1) is 10.2 Å².